The minimum Gasteiger partial charge on any atom is -0.506 e. The molecule has 1 aliphatic carbocycles. The molecule has 0 spiro atoms. The molecule has 94 valence electrons. The molecule has 0 amide bonds. The molecule has 0 saturated carbocycles. The average Bonchev–Trinajstić information content (AvgIpc) is 2.57. The highest BCUT2D eigenvalue weighted by molar-refractivity contribution is 9.10. The Labute approximate surface area is 110 Å². The van der Waals surface area contributed by atoms with Crippen molar-refractivity contribution in [2.45, 2.75) is 38.5 Å². The molecular weight excluding hydrogens is 282 g/mol. The maximum Gasteiger partial charge on any atom is 0.133 e. The number of hydrogen-bond donors (Lipinski definition) is 2. The van der Waals surface area contributed by atoms with Gasteiger partial charge in [-0.05, 0) is 58.3 Å². The number of halogens is 1. The van der Waals surface area contributed by atoms with Crippen molar-refractivity contribution in [3.05, 3.63) is 27.2 Å². The van der Waals surface area contributed by atoms with Crippen LogP contribution in [0.2, 0.25) is 0 Å². The Kier molecular flexibility index (Phi) is 4.42. The number of aromatic hydroxyl groups is 1. The lowest BCUT2D eigenvalue weighted by molar-refractivity contribution is 0.140. The molecule has 0 heterocycles. The molecule has 3 N–H and O–H groups in total. The van der Waals surface area contributed by atoms with Crippen LogP contribution in [0.25, 0.3) is 0 Å². The summed E-state index contributed by atoms with van der Waals surface area (Å²) in [6, 6.07) is 2.11. The first kappa shape index (κ1) is 12.9. The summed E-state index contributed by atoms with van der Waals surface area (Å²) in [6.07, 6.45) is 6.51. The molecule has 0 saturated heterocycles. The van der Waals surface area contributed by atoms with Crippen LogP contribution in [0, 0.1) is 0 Å². The molecule has 0 atom stereocenters. The first-order chi connectivity index (χ1) is 8.24. The lowest BCUT2D eigenvalue weighted by atomic mass is 9.98. The maximum absolute atomic E-state index is 10.1. The minimum absolute atomic E-state index is 0.350. The van der Waals surface area contributed by atoms with Crippen LogP contribution in [0.3, 0.4) is 0 Å². The lowest BCUT2D eigenvalue weighted by Gasteiger charge is -2.14. The Morgan fingerprint density at radius 1 is 1.29 bits per heavy atom. The van der Waals surface area contributed by atoms with Gasteiger partial charge in [-0.2, -0.15) is 0 Å². The smallest absolute Gasteiger partial charge is 0.133 e. The van der Waals surface area contributed by atoms with Crippen LogP contribution in [0.15, 0.2) is 10.5 Å². The van der Waals surface area contributed by atoms with Crippen LogP contribution in [0.1, 0.15) is 36.0 Å². The Balaban J connectivity index is 2.36. The van der Waals surface area contributed by atoms with E-state index in [1.165, 1.54) is 30.4 Å². The van der Waals surface area contributed by atoms with Crippen molar-refractivity contribution >= 4 is 15.9 Å². The molecule has 0 aliphatic heterocycles. The molecule has 0 fully saturated rings. The molecule has 2 rings (SSSR count). The summed E-state index contributed by atoms with van der Waals surface area (Å²) in [4.78, 5) is 4.58. The zero-order chi connectivity index (χ0) is 12.3. The first-order valence-electron chi connectivity index (χ1n) is 6.07. The quantitative estimate of drug-likeness (QED) is 0.666. The van der Waals surface area contributed by atoms with E-state index >= 15 is 0 Å². The van der Waals surface area contributed by atoms with Crippen molar-refractivity contribution in [3.8, 4) is 5.75 Å². The van der Waals surface area contributed by atoms with Gasteiger partial charge < -0.3 is 9.94 Å². The Morgan fingerprint density at radius 2 is 2.06 bits per heavy atom. The molecule has 0 unspecified atom stereocenters. The lowest BCUT2D eigenvalue weighted by Crippen LogP contribution is -2.05. The second-order valence-electron chi connectivity index (χ2n) is 4.52. The Morgan fingerprint density at radius 3 is 2.82 bits per heavy atom. The van der Waals surface area contributed by atoms with Gasteiger partial charge in [-0.15, -0.1) is 0 Å². The van der Waals surface area contributed by atoms with Crippen molar-refractivity contribution in [3.63, 3.8) is 0 Å². The number of phenols is 1. The molecule has 0 radical (unpaired) electrons. The summed E-state index contributed by atoms with van der Waals surface area (Å²) < 4.78 is 0.865. The van der Waals surface area contributed by atoms with Crippen LogP contribution in [0.5, 0.6) is 5.75 Å². The van der Waals surface area contributed by atoms with Gasteiger partial charge in [0.15, 0.2) is 0 Å². The van der Waals surface area contributed by atoms with Crippen molar-refractivity contribution < 1.29 is 9.94 Å². The van der Waals surface area contributed by atoms with E-state index in [-0.39, 0.29) is 0 Å². The number of benzene rings is 1. The highest BCUT2D eigenvalue weighted by Crippen LogP contribution is 2.37. The summed E-state index contributed by atoms with van der Waals surface area (Å²) in [7, 11) is 0. The van der Waals surface area contributed by atoms with Crippen molar-refractivity contribution in [2.75, 3.05) is 6.61 Å². The SMILES string of the molecule is NOCCc1cc2c(c(Br)c1O)CCCCC2. The van der Waals surface area contributed by atoms with Gasteiger partial charge in [-0.3, -0.25) is 0 Å². The zero-order valence-electron chi connectivity index (χ0n) is 9.84. The number of fused-ring (bicyclic) bond motifs is 1. The first-order valence-corrected chi connectivity index (χ1v) is 6.87. The largest absolute Gasteiger partial charge is 0.506 e. The number of hydrogen-bond acceptors (Lipinski definition) is 3. The van der Waals surface area contributed by atoms with Crippen molar-refractivity contribution in [1.29, 1.82) is 0 Å². The highest BCUT2D eigenvalue weighted by atomic mass is 79.9. The third-order valence-corrected chi connectivity index (χ3v) is 4.23. The fraction of sp³-hybridized carbons (Fsp3) is 0.538. The highest BCUT2D eigenvalue weighted by Gasteiger charge is 2.17. The van der Waals surface area contributed by atoms with E-state index in [1.807, 2.05) is 0 Å². The molecule has 17 heavy (non-hydrogen) atoms. The second kappa shape index (κ2) is 5.85. The monoisotopic (exact) mass is 299 g/mol. The molecule has 1 aromatic carbocycles. The number of nitrogens with two attached hydrogens (primary N) is 1. The third-order valence-electron chi connectivity index (χ3n) is 3.38. The molecule has 0 bridgehead atoms. The number of phenolic OH excluding ortho intramolecular Hbond substituents is 1. The average molecular weight is 300 g/mol. The van der Waals surface area contributed by atoms with E-state index in [9.17, 15) is 5.11 Å². The van der Waals surface area contributed by atoms with Gasteiger partial charge in [-0.25, -0.2) is 5.90 Å². The van der Waals surface area contributed by atoms with Gasteiger partial charge in [0.1, 0.15) is 5.75 Å². The zero-order valence-corrected chi connectivity index (χ0v) is 11.4. The third kappa shape index (κ3) is 2.81. The summed E-state index contributed by atoms with van der Waals surface area (Å²) in [5, 5.41) is 10.1. The molecule has 4 heteroatoms. The van der Waals surface area contributed by atoms with Gasteiger partial charge >= 0.3 is 0 Å². The van der Waals surface area contributed by atoms with E-state index < -0.39 is 0 Å². The molecule has 1 aromatic rings. The second-order valence-corrected chi connectivity index (χ2v) is 5.31. The fourth-order valence-electron chi connectivity index (χ4n) is 2.44. The molecule has 1 aliphatic rings. The Bertz CT molecular complexity index is 407. The summed E-state index contributed by atoms with van der Waals surface area (Å²) in [6.45, 7) is 0.429. The van der Waals surface area contributed by atoms with E-state index in [2.05, 4.69) is 26.8 Å². The molecule has 0 aromatic heterocycles. The van der Waals surface area contributed by atoms with Crippen LogP contribution >= 0.6 is 15.9 Å². The van der Waals surface area contributed by atoms with E-state index in [1.54, 1.807) is 0 Å². The van der Waals surface area contributed by atoms with Crippen molar-refractivity contribution in [1.82, 2.24) is 0 Å². The maximum atomic E-state index is 10.1. The van der Waals surface area contributed by atoms with Gasteiger partial charge in [0.25, 0.3) is 0 Å². The van der Waals surface area contributed by atoms with Crippen LogP contribution in [-0.2, 0) is 24.1 Å². The normalized spacial score (nSPS) is 15.4. The van der Waals surface area contributed by atoms with Gasteiger partial charge in [0, 0.05) is 6.42 Å². The standard InChI is InChI=1S/C13H18BrNO2/c14-12-11-5-3-1-2-4-9(11)8-10(13(12)16)6-7-17-15/h8,16H,1-7,15H2. The van der Waals surface area contributed by atoms with Gasteiger partial charge in [-0.1, -0.05) is 12.5 Å². The predicted octanol–water partition coefficient (Wildman–Crippen LogP) is 2.86. The van der Waals surface area contributed by atoms with Crippen LogP contribution in [0.4, 0.5) is 0 Å². The van der Waals surface area contributed by atoms with E-state index in [4.69, 9.17) is 5.90 Å². The van der Waals surface area contributed by atoms with Gasteiger partial charge in [0.2, 0.25) is 0 Å². The summed E-state index contributed by atoms with van der Waals surface area (Å²) >= 11 is 3.52. The van der Waals surface area contributed by atoms with Crippen LogP contribution < -0.4 is 5.90 Å². The molecular formula is C13H18BrNO2. The minimum atomic E-state index is 0.350. The van der Waals surface area contributed by atoms with Crippen molar-refractivity contribution in [2.24, 2.45) is 5.90 Å². The Hall–Kier alpha value is -0.580. The fourth-order valence-corrected chi connectivity index (χ4v) is 3.14. The topological polar surface area (TPSA) is 55.5 Å². The van der Waals surface area contributed by atoms with Gasteiger partial charge in [0.05, 0.1) is 11.1 Å². The summed E-state index contributed by atoms with van der Waals surface area (Å²) in [5.41, 5.74) is 3.56. The number of rotatable bonds is 3. The predicted molar refractivity (Wildman–Crippen MR) is 70.9 cm³/mol. The van der Waals surface area contributed by atoms with E-state index in [0.29, 0.717) is 18.8 Å². The molecule has 3 nitrogen and oxygen atoms in total. The van der Waals surface area contributed by atoms with E-state index in [0.717, 1.165) is 22.9 Å². The summed E-state index contributed by atoms with van der Waals surface area (Å²) in [5.74, 6) is 5.38. The van der Waals surface area contributed by atoms with Crippen LogP contribution in [-0.4, -0.2) is 11.7 Å². The number of aryl methyl sites for hydroxylation is 1.